The van der Waals surface area contributed by atoms with E-state index < -0.39 is 11.4 Å². The summed E-state index contributed by atoms with van der Waals surface area (Å²) in [6.07, 6.45) is 0.530. The number of aliphatic carboxylic acids is 1. The lowest BCUT2D eigenvalue weighted by molar-refractivity contribution is -0.153. The van der Waals surface area contributed by atoms with Gasteiger partial charge in [-0.25, -0.2) is 0 Å². The standard InChI is InChI=1S/C11H17NO5/c1-16-7-5-12(6-8(7)17-2)9(13)11(3-4-11)10(14)15/h7-8H,3-6H2,1-2H3,(H,14,15). The molecule has 0 spiro atoms. The van der Waals surface area contributed by atoms with Crippen LogP contribution >= 0.6 is 0 Å². The molecule has 1 amide bonds. The summed E-state index contributed by atoms with van der Waals surface area (Å²) in [5.74, 6) is -1.32. The zero-order chi connectivity index (χ0) is 12.6. The fourth-order valence-electron chi connectivity index (χ4n) is 2.31. The summed E-state index contributed by atoms with van der Waals surface area (Å²) >= 11 is 0. The van der Waals surface area contributed by atoms with Crippen molar-refractivity contribution in [1.82, 2.24) is 4.90 Å². The highest BCUT2D eigenvalue weighted by atomic mass is 16.5. The predicted molar refractivity (Wildman–Crippen MR) is 57.5 cm³/mol. The number of ether oxygens (including phenoxy) is 2. The first-order valence-corrected chi connectivity index (χ1v) is 5.63. The Morgan fingerprint density at radius 3 is 1.94 bits per heavy atom. The number of carbonyl (C=O) groups excluding carboxylic acids is 1. The molecule has 2 aliphatic rings. The van der Waals surface area contributed by atoms with Gasteiger partial charge in [-0.3, -0.25) is 9.59 Å². The average molecular weight is 243 g/mol. The minimum atomic E-state index is -1.17. The molecule has 2 atom stereocenters. The quantitative estimate of drug-likeness (QED) is 0.687. The predicted octanol–water partition coefficient (Wildman–Crippen LogP) is -0.277. The molecule has 2 rings (SSSR count). The van der Waals surface area contributed by atoms with Gasteiger partial charge in [0, 0.05) is 27.3 Å². The van der Waals surface area contributed by atoms with E-state index in [2.05, 4.69) is 0 Å². The van der Waals surface area contributed by atoms with Crippen LogP contribution in [0.25, 0.3) is 0 Å². The van der Waals surface area contributed by atoms with Crippen molar-refractivity contribution < 1.29 is 24.2 Å². The number of hydrogen-bond acceptors (Lipinski definition) is 4. The molecule has 17 heavy (non-hydrogen) atoms. The molecule has 2 unspecified atom stereocenters. The monoisotopic (exact) mass is 243 g/mol. The van der Waals surface area contributed by atoms with Crippen LogP contribution in [-0.2, 0) is 19.1 Å². The van der Waals surface area contributed by atoms with Crippen molar-refractivity contribution in [3.05, 3.63) is 0 Å². The van der Waals surface area contributed by atoms with Crippen LogP contribution in [0.5, 0.6) is 0 Å². The Balaban J connectivity index is 2.05. The molecule has 0 bridgehead atoms. The van der Waals surface area contributed by atoms with Crippen molar-refractivity contribution >= 4 is 11.9 Å². The Kier molecular flexibility index (Phi) is 3.09. The molecule has 1 aliphatic carbocycles. The lowest BCUT2D eigenvalue weighted by Gasteiger charge is -2.19. The Morgan fingerprint density at radius 2 is 1.65 bits per heavy atom. The van der Waals surface area contributed by atoms with Gasteiger partial charge in [0.05, 0.1) is 0 Å². The summed E-state index contributed by atoms with van der Waals surface area (Å²) in [6.45, 7) is 0.811. The Hall–Kier alpha value is -1.14. The molecule has 0 aromatic heterocycles. The first-order valence-electron chi connectivity index (χ1n) is 5.63. The lowest BCUT2D eigenvalue weighted by Crippen LogP contribution is -2.40. The second-order valence-electron chi connectivity index (χ2n) is 4.65. The highest BCUT2D eigenvalue weighted by molar-refractivity contribution is 6.04. The van der Waals surface area contributed by atoms with E-state index in [1.54, 1.807) is 19.1 Å². The number of hydrogen-bond donors (Lipinski definition) is 1. The van der Waals surface area contributed by atoms with E-state index in [0.29, 0.717) is 25.9 Å². The largest absolute Gasteiger partial charge is 0.480 e. The summed E-state index contributed by atoms with van der Waals surface area (Å²) in [4.78, 5) is 24.7. The van der Waals surface area contributed by atoms with E-state index in [1.165, 1.54) is 0 Å². The normalized spacial score (nSPS) is 30.4. The molecule has 1 aliphatic heterocycles. The van der Waals surface area contributed by atoms with Crippen LogP contribution in [0.2, 0.25) is 0 Å². The molecule has 1 N–H and O–H groups in total. The van der Waals surface area contributed by atoms with Crippen molar-refractivity contribution in [2.45, 2.75) is 25.0 Å². The number of carbonyl (C=O) groups is 2. The molecule has 0 aromatic carbocycles. The van der Waals surface area contributed by atoms with Gasteiger partial charge in [0.25, 0.3) is 0 Å². The van der Waals surface area contributed by atoms with Gasteiger partial charge in [-0.1, -0.05) is 0 Å². The number of carboxylic acids is 1. The molecule has 1 heterocycles. The smallest absolute Gasteiger partial charge is 0.319 e. The minimum absolute atomic E-state index is 0.173. The maximum atomic E-state index is 12.1. The highest BCUT2D eigenvalue weighted by Gasteiger charge is 2.59. The maximum Gasteiger partial charge on any atom is 0.319 e. The highest BCUT2D eigenvalue weighted by Crippen LogP contribution is 2.48. The number of carboxylic acid groups (broad SMARTS) is 1. The van der Waals surface area contributed by atoms with Crippen LogP contribution < -0.4 is 0 Å². The average Bonchev–Trinajstić information content (AvgIpc) is 3.02. The van der Waals surface area contributed by atoms with Crippen LogP contribution in [0, 0.1) is 5.41 Å². The van der Waals surface area contributed by atoms with Gasteiger partial charge in [-0.05, 0) is 12.8 Å². The molecule has 0 radical (unpaired) electrons. The SMILES string of the molecule is COC1CN(C(=O)C2(C(=O)O)CC2)CC1OC. The molecular weight excluding hydrogens is 226 g/mol. The fraction of sp³-hybridized carbons (Fsp3) is 0.818. The first kappa shape index (κ1) is 12.3. The number of amides is 1. The second kappa shape index (κ2) is 4.27. The van der Waals surface area contributed by atoms with Crippen LogP contribution in [0.3, 0.4) is 0 Å². The summed E-state index contributed by atoms with van der Waals surface area (Å²) < 4.78 is 10.4. The van der Waals surface area contributed by atoms with Gasteiger partial charge < -0.3 is 19.5 Å². The summed E-state index contributed by atoms with van der Waals surface area (Å²) in [5, 5.41) is 9.07. The van der Waals surface area contributed by atoms with E-state index in [-0.39, 0.29) is 18.1 Å². The minimum Gasteiger partial charge on any atom is -0.480 e. The fourth-order valence-corrected chi connectivity index (χ4v) is 2.31. The maximum absolute atomic E-state index is 12.1. The number of nitrogens with zero attached hydrogens (tertiary/aromatic N) is 1. The molecule has 1 saturated carbocycles. The number of likely N-dealkylation sites (tertiary alicyclic amines) is 1. The molecular formula is C11H17NO5. The molecule has 2 fully saturated rings. The zero-order valence-corrected chi connectivity index (χ0v) is 10.0. The van der Waals surface area contributed by atoms with Gasteiger partial charge >= 0.3 is 5.97 Å². The Labute approximate surface area is 99.5 Å². The van der Waals surface area contributed by atoms with Crippen molar-refractivity contribution in [3.63, 3.8) is 0 Å². The molecule has 0 aromatic rings. The van der Waals surface area contributed by atoms with Crippen molar-refractivity contribution in [2.75, 3.05) is 27.3 Å². The number of methoxy groups -OCH3 is 2. The van der Waals surface area contributed by atoms with Gasteiger partial charge in [0.1, 0.15) is 17.6 Å². The third kappa shape index (κ3) is 1.91. The van der Waals surface area contributed by atoms with Crippen LogP contribution in [0.4, 0.5) is 0 Å². The van der Waals surface area contributed by atoms with Crippen LogP contribution in [0.1, 0.15) is 12.8 Å². The van der Waals surface area contributed by atoms with Crippen molar-refractivity contribution in [3.8, 4) is 0 Å². The number of rotatable bonds is 4. The first-order chi connectivity index (χ1) is 8.05. The van der Waals surface area contributed by atoms with E-state index in [4.69, 9.17) is 14.6 Å². The lowest BCUT2D eigenvalue weighted by atomic mass is 10.1. The summed E-state index contributed by atoms with van der Waals surface area (Å²) in [7, 11) is 3.13. The third-order valence-electron chi connectivity index (χ3n) is 3.68. The Morgan fingerprint density at radius 1 is 1.18 bits per heavy atom. The molecule has 96 valence electrons. The topological polar surface area (TPSA) is 76.1 Å². The van der Waals surface area contributed by atoms with Crippen molar-refractivity contribution in [2.24, 2.45) is 5.41 Å². The molecule has 6 nitrogen and oxygen atoms in total. The molecule has 1 saturated heterocycles. The molecule has 6 heteroatoms. The van der Waals surface area contributed by atoms with Crippen LogP contribution in [-0.4, -0.2) is 61.4 Å². The van der Waals surface area contributed by atoms with E-state index >= 15 is 0 Å². The van der Waals surface area contributed by atoms with Gasteiger partial charge in [-0.15, -0.1) is 0 Å². The van der Waals surface area contributed by atoms with E-state index in [0.717, 1.165) is 0 Å². The van der Waals surface area contributed by atoms with E-state index in [1.807, 2.05) is 0 Å². The summed E-state index contributed by atoms with van der Waals surface area (Å²) in [6, 6.07) is 0. The van der Waals surface area contributed by atoms with E-state index in [9.17, 15) is 9.59 Å². The second-order valence-corrected chi connectivity index (χ2v) is 4.65. The van der Waals surface area contributed by atoms with Crippen molar-refractivity contribution in [1.29, 1.82) is 0 Å². The summed E-state index contributed by atoms with van der Waals surface area (Å²) in [5.41, 5.74) is -1.17. The van der Waals surface area contributed by atoms with Gasteiger partial charge in [0.15, 0.2) is 0 Å². The van der Waals surface area contributed by atoms with Gasteiger partial charge in [0.2, 0.25) is 5.91 Å². The van der Waals surface area contributed by atoms with Gasteiger partial charge in [-0.2, -0.15) is 0 Å². The Bertz CT molecular complexity index is 327. The zero-order valence-electron chi connectivity index (χ0n) is 10.0. The van der Waals surface area contributed by atoms with Crippen LogP contribution in [0.15, 0.2) is 0 Å². The third-order valence-corrected chi connectivity index (χ3v) is 3.68.